The van der Waals surface area contributed by atoms with Gasteiger partial charge in [0, 0.05) is 50.3 Å². The SMILES string of the molecule is CCCCCN1C[C@@H]2[C@H](CNC(=O)CCc3ccncc3)[C@H]3CC[C@]2(C1)O3. The molecular formula is C22H33N3O2. The van der Waals surface area contributed by atoms with E-state index < -0.39 is 0 Å². The summed E-state index contributed by atoms with van der Waals surface area (Å²) >= 11 is 0. The lowest BCUT2D eigenvalue weighted by atomic mass is 9.73. The van der Waals surface area contributed by atoms with Crippen molar-refractivity contribution in [3.8, 4) is 0 Å². The lowest BCUT2D eigenvalue weighted by Crippen LogP contribution is -2.41. The van der Waals surface area contributed by atoms with Gasteiger partial charge in [0.25, 0.3) is 0 Å². The van der Waals surface area contributed by atoms with Crippen molar-refractivity contribution in [3.05, 3.63) is 30.1 Å². The number of carbonyl (C=O) groups is 1. The molecule has 1 N–H and O–H groups in total. The summed E-state index contributed by atoms with van der Waals surface area (Å²) in [5.74, 6) is 1.24. The van der Waals surface area contributed by atoms with E-state index in [1.165, 1.54) is 37.8 Å². The van der Waals surface area contributed by atoms with Crippen molar-refractivity contribution in [2.75, 3.05) is 26.2 Å². The molecule has 27 heavy (non-hydrogen) atoms. The Bertz CT molecular complexity index is 638. The maximum Gasteiger partial charge on any atom is 0.220 e. The molecular weight excluding hydrogens is 338 g/mol. The molecule has 1 aromatic rings. The molecule has 4 rings (SSSR count). The third kappa shape index (κ3) is 4.04. The van der Waals surface area contributed by atoms with Crippen LogP contribution in [0.15, 0.2) is 24.5 Å². The molecule has 3 saturated heterocycles. The molecule has 1 spiro atoms. The number of hydrogen-bond acceptors (Lipinski definition) is 4. The van der Waals surface area contributed by atoms with Crippen LogP contribution >= 0.6 is 0 Å². The number of aryl methyl sites for hydroxylation is 1. The third-order valence-corrected chi connectivity index (χ3v) is 6.86. The predicted molar refractivity (Wildman–Crippen MR) is 105 cm³/mol. The van der Waals surface area contributed by atoms with Crippen molar-refractivity contribution in [1.29, 1.82) is 0 Å². The summed E-state index contributed by atoms with van der Waals surface area (Å²) in [5.41, 5.74) is 1.25. The quantitative estimate of drug-likeness (QED) is 0.678. The first-order valence-corrected chi connectivity index (χ1v) is 10.8. The van der Waals surface area contributed by atoms with Crippen LogP contribution in [0.4, 0.5) is 0 Å². The summed E-state index contributed by atoms with van der Waals surface area (Å²) in [6.45, 7) is 6.48. The van der Waals surface area contributed by atoms with Crippen LogP contribution in [0.2, 0.25) is 0 Å². The van der Waals surface area contributed by atoms with Crippen molar-refractivity contribution < 1.29 is 9.53 Å². The number of fused-ring (bicyclic) bond motifs is 1. The highest BCUT2D eigenvalue weighted by molar-refractivity contribution is 5.76. The zero-order valence-corrected chi connectivity index (χ0v) is 16.5. The van der Waals surface area contributed by atoms with Crippen LogP contribution in [0.25, 0.3) is 0 Å². The van der Waals surface area contributed by atoms with Crippen molar-refractivity contribution in [1.82, 2.24) is 15.2 Å². The first-order valence-electron chi connectivity index (χ1n) is 10.8. The first kappa shape index (κ1) is 18.9. The Labute approximate surface area is 162 Å². The predicted octanol–water partition coefficient (Wildman–Crippen LogP) is 2.80. The first-order chi connectivity index (χ1) is 13.2. The molecule has 1 amide bonds. The van der Waals surface area contributed by atoms with Crippen molar-refractivity contribution in [2.45, 2.75) is 63.6 Å². The average Bonchev–Trinajstić information content (AvgIpc) is 3.34. The number of likely N-dealkylation sites (tertiary alicyclic amines) is 1. The smallest absolute Gasteiger partial charge is 0.220 e. The van der Waals surface area contributed by atoms with E-state index in [2.05, 4.69) is 22.1 Å². The van der Waals surface area contributed by atoms with Gasteiger partial charge in [-0.25, -0.2) is 0 Å². The van der Waals surface area contributed by atoms with E-state index >= 15 is 0 Å². The van der Waals surface area contributed by atoms with Gasteiger partial charge in [-0.2, -0.15) is 0 Å². The second kappa shape index (κ2) is 8.27. The van der Waals surface area contributed by atoms with E-state index in [4.69, 9.17) is 4.74 Å². The molecule has 0 unspecified atom stereocenters. The minimum absolute atomic E-state index is 0.0866. The maximum atomic E-state index is 12.3. The number of nitrogens with zero attached hydrogens (tertiary/aromatic N) is 2. The molecule has 1 aromatic heterocycles. The lowest BCUT2D eigenvalue weighted by molar-refractivity contribution is -0.121. The lowest BCUT2D eigenvalue weighted by Gasteiger charge is -2.29. The van der Waals surface area contributed by atoms with Crippen LogP contribution in [0.5, 0.6) is 0 Å². The highest BCUT2D eigenvalue weighted by Crippen LogP contribution is 2.54. The highest BCUT2D eigenvalue weighted by Gasteiger charge is 2.62. The minimum atomic E-state index is 0.0866. The highest BCUT2D eigenvalue weighted by atomic mass is 16.5. The normalized spacial score (nSPS) is 32.0. The fourth-order valence-corrected chi connectivity index (χ4v) is 5.44. The van der Waals surface area contributed by atoms with E-state index in [-0.39, 0.29) is 11.5 Å². The number of aromatic nitrogens is 1. The van der Waals surface area contributed by atoms with Gasteiger partial charge in [0.2, 0.25) is 5.91 Å². The molecule has 0 radical (unpaired) electrons. The fraction of sp³-hybridized carbons (Fsp3) is 0.727. The topological polar surface area (TPSA) is 54.5 Å². The number of nitrogens with one attached hydrogen (secondary N) is 1. The second-order valence-corrected chi connectivity index (χ2v) is 8.63. The molecule has 0 aromatic carbocycles. The van der Waals surface area contributed by atoms with Gasteiger partial charge < -0.3 is 15.0 Å². The Morgan fingerprint density at radius 1 is 1.37 bits per heavy atom. The van der Waals surface area contributed by atoms with Crippen molar-refractivity contribution >= 4 is 5.91 Å². The molecule has 0 aliphatic carbocycles. The number of unbranched alkanes of at least 4 members (excludes halogenated alkanes) is 2. The van der Waals surface area contributed by atoms with Crippen LogP contribution in [0.3, 0.4) is 0 Å². The van der Waals surface area contributed by atoms with E-state index in [1.54, 1.807) is 12.4 Å². The zero-order valence-electron chi connectivity index (χ0n) is 16.5. The van der Waals surface area contributed by atoms with Gasteiger partial charge in [-0.05, 0) is 49.9 Å². The second-order valence-electron chi connectivity index (χ2n) is 8.63. The van der Waals surface area contributed by atoms with Crippen LogP contribution in [0, 0.1) is 11.8 Å². The largest absolute Gasteiger partial charge is 0.370 e. The number of ether oxygens (including phenoxy) is 1. The van der Waals surface area contributed by atoms with Gasteiger partial charge in [-0.3, -0.25) is 9.78 Å². The molecule has 4 heterocycles. The van der Waals surface area contributed by atoms with Crippen molar-refractivity contribution in [2.24, 2.45) is 11.8 Å². The number of rotatable bonds is 9. The summed E-state index contributed by atoms with van der Waals surface area (Å²) in [7, 11) is 0. The molecule has 0 saturated carbocycles. The van der Waals surface area contributed by atoms with E-state index in [1.807, 2.05) is 12.1 Å². The number of carbonyl (C=O) groups excluding carboxylic acids is 1. The van der Waals surface area contributed by atoms with E-state index in [0.29, 0.717) is 24.4 Å². The van der Waals surface area contributed by atoms with Gasteiger partial charge in [0.15, 0.2) is 0 Å². The Balaban J connectivity index is 1.26. The Hall–Kier alpha value is -1.46. The standard InChI is InChI=1S/C22H33N3O2/c1-2-3-4-13-25-15-19-18(20-7-10-22(19,16-25)27-20)14-24-21(26)6-5-17-8-11-23-12-9-17/h8-9,11-12,18-20H,2-7,10,13-16H2,1H3,(H,24,26)/t18-,19+,20+,22+/m0/s1. The molecule has 5 heteroatoms. The minimum Gasteiger partial charge on any atom is -0.370 e. The van der Waals surface area contributed by atoms with Gasteiger partial charge in [0.1, 0.15) is 0 Å². The van der Waals surface area contributed by atoms with Crippen molar-refractivity contribution in [3.63, 3.8) is 0 Å². The van der Waals surface area contributed by atoms with Crippen LogP contribution in [-0.4, -0.2) is 53.7 Å². The third-order valence-electron chi connectivity index (χ3n) is 6.86. The molecule has 3 aliphatic rings. The summed E-state index contributed by atoms with van der Waals surface area (Å²) < 4.78 is 6.49. The summed E-state index contributed by atoms with van der Waals surface area (Å²) in [5, 5.41) is 3.20. The average molecular weight is 372 g/mol. The maximum absolute atomic E-state index is 12.3. The molecule has 3 aliphatic heterocycles. The molecule has 2 bridgehead atoms. The number of hydrogen-bond donors (Lipinski definition) is 1. The van der Waals surface area contributed by atoms with Crippen LogP contribution in [-0.2, 0) is 16.0 Å². The van der Waals surface area contributed by atoms with E-state index in [9.17, 15) is 4.79 Å². The zero-order chi connectivity index (χ0) is 18.7. The molecule has 5 nitrogen and oxygen atoms in total. The van der Waals surface area contributed by atoms with Gasteiger partial charge >= 0.3 is 0 Å². The summed E-state index contributed by atoms with van der Waals surface area (Å²) in [6.07, 6.45) is 11.5. The summed E-state index contributed by atoms with van der Waals surface area (Å²) in [6, 6.07) is 3.96. The van der Waals surface area contributed by atoms with Crippen LogP contribution < -0.4 is 5.32 Å². The van der Waals surface area contributed by atoms with Gasteiger partial charge in [-0.1, -0.05) is 19.8 Å². The summed E-state index contributed by atoms with van der Waals surface area (Å²) in [4.78, 5) is 19.0. The Kier molecular flexibility index (Phi) is 5.79. The molecule has 4 atom stereocenters. The van der Waals surface area contributed by atoms with Crippen LogP contribution in [0.1, 0.15) is 51.0 Å². The number of amides is 1. The fourth-order valence-electron chi connectivity index (χ4n) is 5.44. The monoisotopic (exact) mass is 371 g/mol. The Morgan fingerprint density at radius 2 is 2.22 bits per heavy atom. The Morgan fingerprint density at radius 3 is 3.04 bits per heavy atom. The van der Waals surface area contributed by atoms with Gasteiger partial charge in [-0.15, -0.1) is 0 Å². The molecule has 3 fully saturated rings. The van der Waals surface area contributed by atoms with E-state index in [0.717, 1.165) is 32.5 Å². The van der Waals surface area contributed by atoms with Gasteiger partial charge in [0.05, 0.1) is 11.7 Å². The molecule has 148 valence electrons. The number of pyridine rings is 1.